The Bertz CT molecular complexity index is 456. The summed E-state index contributed by atoms with van der Waals surface area (Å²) in [6, 6.07) is 0. The monoisotopic (exact) mass is 288 g/mol. The van der Waals surface area contributed by atoms with Crippen LogP contribution in [0.15, 0.2) is 35.5 Å². The SMILES string of the molecule is C=C(C)C1CCC2(C)CC=C(C)CCC(O)C(C)=CCC12. The number of rotatable bonds is 1. The van der Waals surface area contributed by atoms with Crippen LogP contribution in [0.5, 0.6) is 0 Å². The molecule has 1 heteroatoms. The largest absolute Gasteiger partial charge is 0.389 e. The van der Waals surface area contributed by atoms with Crippen molar-refractivity contribution in [1.82, 2.24) is 0 Å². The van der Waals surface area contributed by atoms with Crippen molar-refractivity contribution in [1.29, 1.82) is 0 Å². The summed E-state index contributed by atoms with van der Waals surface area (Å²) in [6.07, 6.45) is 11.2. The fourth-order valence-electron chi connectivity index (χ4n) is 4.20. The summed E-state index contributed by atoms with van der Waals surface area (Å²) in [4.78, 5) is 0. The number of aliphatic hydroxyl groups is 1. The number of hydrogen-bond acceptors (Lipinski definition) is 1. The zero-order chi connectivity index (χ0) is 15.6. The molecule has 4 atom stereocenters. The van der Waals surface area contributed by atoms with Crippen molar-refractivity contribution in [3.63, 3.8) is 0 Å². The highest BCUT2D eigenvalue weighted by molar-refractivity contribution is 5.15. The van der Waals surface area contributed by atoms with Crippen molar-refractivity contribution >= 4 is 0 Å². The first kappa shape index (κ1) is 16.5. The molecule has 2 aliphatic rings. The van der Waals surface area contributed by atoms with Crippen LogP contribution in [0.3, 0.4) is 0 Å². The molecular weight excluding hydrogens is 256 g/mol. The number of aliphatic hydroxyl groups excluding tert-OH is 1. The van der Waals surface area contributed by atoms with E-state index in [0.717, 1.165) is 24.8 Å². The van der Waals surface area contributed by atoms with E-state index in [1.54, 1.807) is 0 Å². The predicted octanol–water partition coefficient (Wildman–Crippen LogP) is 5.42. The second-order valence-corrected chi connectivity index (χ2v) is 7.74. The molecule has 0 heterocycles. The maximum atomic E-state index is 10.3. The molecule has 0 amide bonds. The molecule has 0 aromatic heterocycles. The average Bonchev–Trinajstić information content (AvgIpc) is 2.76. The lowest BCUT2D eigenvalue weighted by Gasteiger charge is -2.33. The van der Waals surface area contributed by atoms with E-state index >= 15 is 0 Å². The molecule has 1 fully saturated rings. The highest BCUT2D eigenvalue weighted by Gasteiger charge is 2.43. The van der Waals surface area contributed by atoms with Crippen LogP contribution in [-0.2, 0) is 0 Å². The van der Waals surface area contributed by atoms with Gasteiger partial charge >= 0.3 is 0 Å². The lowest BCUT2D eigenvalue weighted by atomic mass is 9.71. The van der Waals surface area contributed by atoms with E-state index in [0.29, 0.717) is 17.3 Å². The molecule has 0 bridgehead atoms. The zero-order valence-electron chi connectivity index (χ0n) is 14.3. The van der Waals surface area contributed by atoms with Crippen LogP contribution < -0.4 is 0 Å². The summed E-state index contributed by atoms with van der Waals surface area (Å²) in [7, 11) is 0. The first-order chi connectivity index (χ1) is 9.83. The van der Waals surface area contributed by atoms with Gasteiger partial charge in [0, 0.05) is 0 Å². The molecule has 2 aliphatic carbocycles. The Morgan fingerprint density at radius 3 is 2.67 bits per heavy atom. The molecule has 2 rings (SSSR count). The fourth-order valence-corrected chi connectivity index (χ4v) is 4.20. The number of allylic oxidation sites excluding steroid dienone is 4. The van der Waals surface area contributed by atoms with Gasteiger partial charge in [-0.25, -0.2) is 0 Å². The molecule has 0 spiro atoms. The van der Waals surface area contributed by atoms with Crippen LogP contribution in [0.1, 0.15) is 66.2 Å². The molecule has 0 saturated heterocycles. The summed E-state index contributed by atoms with van der Waals surface area (Å²) in [6.45, 7) is 13.2. The summed E-state index contributed by atoms with van der Waals surface area (Å²) in [5, 5.41) is 10.3. The standard InChI is InChI=1S/C20H32O/c1-14(2)17-11-13-20(5)12-10-15(3)6-9-19(21)16(4)7-8-18(17)20/h7,10,17-19,21H,1,6,8-9,11-13H2,2-5H3. The maximum Gasteiger partial charge on any atom is 0.0750 e. The van der Waals surface area contributed by atoms with Crippen molar-refractivity contribution in [3.05, 3.63) is 35.5 Å². The zero-order valence-corrected chi connectivity index (χ0v) is 14.3. The van der Waals surface area contributed by atoms with Gasteiger partial charge in [-0.05, 0) is 82.1 Å². The molecule has 118 valence electrons. The summed E-state index contributed by atoms with van der Waals surface area (Å²) in [5.41, 5.74) is 4.31. The van der Waals surface area contributed by atoms with Gasteiger partial charge in [0.15, 0.2) is 0 Å². The van der Waals surface area contributed by atoms with Crippen LogP contribution in [0.2, 0.25) is 0 Å². The molecule has 21 heavy (non-hydrogen) atoms. The maximum absolute atomic E-state index is 10.3. The van der Waals surface area contributed by atoms with Crippen molar-refractivity contribution in [2.45, 2.75) is 72.3 Å². The highest BCUT2D eigenvalue weighted by Crippen LogP contribution is 2.53. The molecular formula is C20H32O. The third kappa shape index (κ3) is 3.69. The molecule has 0 aromatic carbocycles. The van der Waals surface area contributed by atoms with E-state index in [1.807, 2.05) is 0 Å². The van der Waals surface area contributed by atoms with E-state index in [2.05, 4.69) is 46.4 Å². The summed E-state index contributed by atoms with van der Waals surface area (Å²) < 4.78 is 0. The van der Waals surface area contributed by atoms with Crippen LogP contribution in [-0.4, -0.2) is 11.2 Å². The second-order valence-electron chi connectivity index (χ2n) is 7.74. The Hall–Kier alpha value is -0.820. The number of fused-ring (bicyclic) bond motifs is 1. The average molecular weight is 288 g/mol. The second kappa shape index (κ2) is 6.52. The van der Waals surface area contributed by atoms with Crippen LogP contribution >= 0.6 is 0 Å². The fraction of sp³-hybridized carbons (Fsp3) is 0.700. The van der Waals surface area contributed by atoms with Gasteiger partial charge in [0.1, 0.15) is 0 Å². The van der Waals surface area contributed by atoms with Crippen molar-refractivity contribution in [3.8, 4) is 0 Å². The Labute approximate surface area is 130 Å². The first-order valence-corrected chi connectivity index (χ1v) is 8.49. The lowest BCUT2D eigenvalue weighted by molar-refractivity contribution is 0.197. The summed E-state index contributed by atoms with van der Waals surface area (Å²) in [5.74, 6) is 1.31. The van der Waals surface area contributed by atoms with Crippen molar-refractivity contribution in [2.24, 2.45) is 17.3 Å². The van der Waals surface area contributed by atoms with Crippen molar-refractivity contribution in [2.75, 3.05) is 0 Å². The summed E-state index contributed by atoms with van der Waals surface area (Å²) >= 11 is 0. The van der Waals surface area contributed by atoms with Gasteiger partial charge in [0.05, 0.1) is 6.10 Å². The van der Waals surface area contributed by atoms with E-state index < -0.39 is 0 Å². The van der Waals surface area contributed by atoms with Crippen LogP contribution in [0.4, 0.5) is 0 Å². The third-order valence-corrected chi connectivity index (χ3v) is 5.99. The normalized spacial score (nSPS) is 38.0. The minimum Gasteiger partial charge on any atom is -0.389 e. The van der Waals surface area contributed by atoms with Gasteiger partial charge in [-0.3, -0.25) is 0 Å². The lowest BCUT2D eigenvalue weighted by Crippen LogP contribution is -2.25. The van der Waals surface area contributed by atoms with Gasteiger partial charge in [0.25, 0.3) is 0 Å². The van der Waals surface area contributed by atoms with E-state index in [9.17, 15) is 5.11 Å². The highest BCUT2D eigenvalue weighted by atomic mass is 16.3. The van der Waals surface area contributed by atoms with Gasteiger partial charge < -0.3 is 5.11 Å². The van der Waals surface area contributed by atoms with Gasteiger partial charge in [0.2, 0.25) is 0 Å². The molecule has 1 N–H and O–H groups in total. The molecule has 1 saturated carbocycles. The first-order valence-electron chi connectivity index (χ1n) is 8.49. The molecule has 1 nitrogen and oxygen atoms in total. The Morgan fingerprint density at radius 2 is 2.00 bits per heavy atom. The minimum absolute atomic E-state index is 0.276. The van der Waals surface area contributed by atoms with Gasteiger partial charge in [-0.2, -0.15) is 0 Å². The van der Waals surface area contributed by atoms with E-state index in [-0.39, 0.29) is 6.10 Å². The molecule has 4 unspecified atom stereocenters. The minimum atomic E-state index is -0.276. The van der Waals surface area contributed by atoms with Crippen LogP contribution in [0, 0.1) is 17.3 Å². The van der Waals surface area contributed by atoms with Crippen LogP contribution in [0.25, 0.3) is 0 Å². The Kier molecular flexibility index (Phi) is 5.14. The quantitative estimate of drug-likeness (QED) is 0.638. The predicted molar refractivity (Wildman–Crippen MR) is 91.1 cm³/mol. The van der Waals surface area contributed by atoms with Gasteiger partial charge in [-0.15, -0.1) is 0 Å². The van der Waals surface area contributed by atoms with Gasteiger partial charge in [-0.1, -0.05) is 36.8 Å². The smallest absolute Gasteiger partial charge is 0.0750 e. The van der Waals surface area contributed by atoms with E-state index in [1.165, 1.54) is 30.4 Å². The molecule has 0 aromatic rings. The number of hydrogen-bond donors (Lipinski definition) is 1. The Morgan fingerprint density at radius 1 is 1.29 bits per heavy atom. The van der Waals surface area contributed by atoms with E-state index in [4.69, 9.17) is 0 Å². The Balaban J connectivity index is 2.32. The third-order valence-electron chi connectivity index (χ3n) is 5.99. The molecule has 0 aliphatic heterocycles. The van der Waals surface area contributed by atoms with Crippen molar-refractivity contribution < 1.29 is 5.11 Å². The topological polar surface area (TPSA) is 20.2 Å². The molecule has 0 radical (unpaired) electrons.